The molecule has 2 aromatic rings. The first-order valence-corrected chi connectivity index (χ1v) is 10.4. The largest absolute Gasteiger partial charge is 0.359 e. The number of pyridine rings is 1. The summed E-state index contributed by atoms with van der Waals surface area (Å²) in [5.74, 6) is 0.489. The molecule has 1 saturated heterocycles. The van der Waals surface area contributed by atoms with Crippen molar-refractivity contribution < 1.29 is 9.59 Å². The number of nitrogens with zero attached hydrogens (tertiary/aromatic N) is 2. The minimum Gasteiger partial charge on any atom is -0.359 e. The molecule has 3 rings (SSSR count). The summed E-state index contributed by atoms with van der Waals surface area (Å²) in [5.41, 5.74) is 2.74. The number of carbonyl (C=O) groups excluding carboxylic acids is 2. The Hall–Kier alpha value is -2.69. The van der Waals surface area contributed by atoms with Crippen molar-refractivity contribution in [1.29, 1.82) is 0 Å². The zero-order valence-electron chi connectivity index (χ0n) is 17.6. The highest BCUT2D eigenvalue weighted by Gasteiger charge is 2.43. The van der Waals surface area contributed by atoms with E-state index in [0.29, 0.717) is 25.3 Å². The Kier molecular flexibility index (Phi) is 6.68. The molecule has 29 heavy (non-hydrogen) atoms. The zero-order valence-corrected chi connectivity index (χ0v) is 17.6. The van der Waals surface area contributed by atoms with Crippen LogP contribution in [0.2, 0.25) is 0 Å². The maximum atomic E-state index is 13.0. The molecule has 0 aliphatic carbocycles. The number of piperidine rings is 1. The number of amides is 2. The Morgan fingerprint density at radius 1 is 1.17 bits per heavy atom. The van der Waals surface area contributed by atoms with Crippen molar-refractivity contribution in [1.82, 2.24) is 15.2 Å². The fraction of sp³-hybridized carbons (Fsp3) is 0.458. The van der Waals surface area contributed by atoms with E-state index in [2.05, 4.69) is 42.3 Å². The van der Waals surface area contributed by atoms with Crippen molar-refractivity contribution >= 4 is 11.8 Å². The lowest BCUT2D eigenvalue weighted by Gasteiger charge is -2.42. The minimum atomic E-state index is -0.587. The molecule has 154 valence electrons. The molecule has 1 aromatic heterocycles. The smallest absolute Gasteiger partial charge is 0.228 e. The summed E-state index contributed by atoms with van der Waals surface area (Å²) in [4.78, 5) is 31.6. The minimum absolute atomic E-state index is 0.0221. The molecule has 0 radical (unpaired) electrons. The van der Waals surface area contributed by atoms with E-state index in [1.165, 1.54) is 0 Å². The summed E-state index contributed by atoms with van der Waals surface area (Å²) in [6.45, 7) is 5.33. The lowest BCUT2D eigenvalue weighted by Crippen LogP contribution is -2.54. The monoisotopic (exact) mass is 393 g/mol. The Bertz CT molecular complexity index is 850. The highest BCUT2D eigenvalue weighted by Crippen LogP contribution is 2.35. The molecule has 1 aliphatic heterocycles. The highest BCUT2D eigenvalue weighted by molar-refractivity contribution is 5.85. The maximum Gasteiger partial charge on any atom is 0.228 e. The molecule has 0 unspecified atom stereocenters. The van der Waals surface area contributed by atoms with Gasteiger partial charge in [-0.05, 0) is 54.0 Å². The van der Waals surface area contributed by atoms with E-state index in [4.69, 9.17) is 0 Å². The standard InChI is InChI=1S/C24H31N3O2/c1-18(2)14-22(28)27-13-5-10-24(17-27,23(29)25-3)16-19-6-4-7-21(15-19)20-8-11-26-12-9-20/h4,6-9,11-12,15,18H,5,10,13-14,16-17H2,1-3H3,(H,25,29)/t24-/m1/s1. The van der Waals surface area contributed by atoms with Gasteiger partial charge in [0.2, 0.25) is 11.8 Å². The molecular weight excluding hydrogens is 362 g/mol. The molecule has 5 nitrogen and oxygen atoms in total. The van der Waals surface area contributed by atoms with Crippen molar-refractivity contribution in [2.75, 3.05) is 20.1 Å². The Labute approximate surface area is 173 Å². The maximum absolute atomic E-state index is 13.0. The van der Waals surface area contributed by atoms with E-state index in [-0.39, 0.29) is 11.8 Å². The van der Waals surface area contributed by atoms with Crippen LogP contribution in [0.25, 0.3) is 11.1 Å². The van der Waals surface area contributed by atoms with E-state index in [9.17, 15) is 9.59 Å². The Balaban J connectivity index is 1.86. The molecule has 5 heteroatoms. The summed E-state index contributed by atoms with van der Waals surface area (Å²) in [6, 6.07) is 12.3. The SMILES string of the molecule is CNC(=O)[C@@]1(Cc2cccc(-c3ccncc3)c2)CCCN(C(=O)CC(C)C)C1. The summed E-state index contributed by atoms with van der Waals surface area (Å²) in [6.07, 6.45) is 6.36. The topological polar surface area (TPSA) is 62.3 Å². The van der Waals surface area contributed by atoms with Gasteiger partial charge < -0.3 is 10.2 Å². The number of likely N-dealkylation sites (tertiary alicyclic amines) is 1. The Morgan fingerprint density at radius 2 is 1.93 bits per heavy atom. The molecule has 0 spiro atoms. The normalized spacial score (nSPS) is 19.2. The van der Waals surface area contributed by atoms with Crippen molar-refractivity contribution in [3.8, 4) is 11.1 Å². The summed E-state index contributed by atoms with van der Waals surface area (Å²) < 4.78 is 0. The summed E-state index contributed by atoms with van der Waals surface area (Å²) in [5, 5.41) is 2.86. The number of rotatable bonds is 6. The van der Waals surface area contributed by atoms with Gasteiger partial charge in [-0.25, -0.2) is 0 Å². The van der Waals surface area contributed by atoms with Crippen LogP contribution in [0.1, 0.15) is 38.7 Å². The van der Waals surface area contributed by atoms with Gasteiger partial charge in [-0.2, -0.15) is 0 Å². The third kappa shape index (κ3) is 5.03. The third-order valence-corrected chi connectivity index (χ3v) is 5.70. The van der Waals surface area contributed by atoms with Gasteiger partial charge in [-0.3, -0.25) is 14.6 Å². The van der Waals surface area contributed by atoms with Crippen molar-refractivity contribution in [3.63, 3.8) is 0 Å². The molecule has 1 N–H and O–H groups in total. The van der Waals surface area contributed by atoms with Gasteiger partial charge in [0.1, 0.15) is 0 Å². The fourth-order valence-electron chi connectivity index (χ4n) is 4.29. The van der Waals surface area contributed by atoms with Gasteiger partial charge in [-0.15, -0.1) is 0 Å². The molecule has 1 atom stereocenters. The number of carbonyl (C=O) groups is 2. The van der Waals surface area contributed by atoms with E-state index in [1.807, 2.05) is 23.1 Å². The molecule has 1 aliphatic rings. The number of hydrogen-bond donors (Lipinski definition) is 1. The van der Waals surface area contributed by atoms with Crippen LogP contribution in [0, 0.1) is 11.3 Å². The van der Waals surface area contributed by atoms with Crippen molar-refractivity contribution in [3.05, 3.63) is 54.4 Å². The molecule has 2 amide bonds. The summed E-state index contributed by atoms with van der Waals surface area (Å²) in [7, 11) is 1.69. The summed E-state index contributed by atoms with van der Waals surface area (Å²) >= 11 is 0. The lowest BCUT2D eigenvalue weighted by atomic mass is 9.74. The van der Waals surface area contributed by atoms with E-state index >= 15 is 0 Å². The predicted octanol–water partition coefficient (Wildman–Crippen LogP) is 3.69. The van der Waals surface area contributed by atoms with E-state index in [1.54, 1.807) is 19.4 Å². The van der Waals surface area contributed by atoms with Crippen LogP contribution in [0.4, 0.5) is 0 Å². The van der Waals surface area contributed by atoms with Crippen LogP contribution >= 0.6 is 0 Å². The van der Waals surface area contributed by atoms with Gasteiger partial charge in [0, 0.05) is 39.0 Å². The molecule has 2 heterocycles. The number of hydrogen-bond acceptors (Lipinski definition) is 3. The van der Waals surface area contributed by atoms with Gasteiger partial charge in [-0.1, -0.05) is 38.1 Å². The molecule has 0 saturated carbocycles. The molecule has 0 bridgehead atoms. The first-order valence-electron chi connectivity index (χ1n) is 10.4. The quantitative estimate of drug-likeness (QED) is 0.814. The predicted molar refractivity (Wildman–Crippen MR) is 115 cm³/mol. The molecule has 1 fully saturated rings. The van der Waals surface area contributed by atoms with Crippen LogP contribution in [0.5, 0.6) is 0 Å². The van der Waals surface area contributed by atoms with E-state index < -0.39 is 5.41 Å². The van der Waals surface area contributed by atoms with Gasteiger partial charge in [0.15, 0.2) is 0 Å². The Morgan fingerprint density at radius 3 is 2.62 bits per heavy atom. The van der Waals surface area contributed by atoms with Crippen LogP contribution in [-0.2, 0) is 16.0 Å². The third-order valence-electron chi connectivity index (χ3n) is 5.70. The van der Waals surface area contributed by atoms with Crippen molar-refractivity contribution in [2.24, 2.45) is 11.3 Å². The van der Waals surface area contributed by atoms with Crippen LogP contribution < -0.4 is 5.32 Å². The van der Waals surface area contributed by atoms with Crippen LogP contribution in [-0.4, -0.2) is 41.8 Å². The van der Waals surface area contributed by atoms with Gasteiger partial charge >= 0.3 is 0 Å². The zero-order chi connectivity index (χ0) is 20.9. The first-order chi connectivity index (χ1) is 13.9. The second kappa shape index (κ2) is 9.21. The molecule has 1 aromatic carbocycles. The van der Waals surface area contributed by atoms with Gasteiger partial charge in [0.05, 0.1) is 5.41 Å². The average molecular weight is 394 g/mol. The van der Waals surface area contributed by atoms with Gasteiger partial charge in [0.25, 0.3) is 0 Å². The van der Waals surface area contributed by atoms with Crippen LogP contribution in [0.15, 0.2) is 48.8 Å². The molecular formula is C24H31N3O2. The average Bonchev–Trinajstić information content (AvgIpc) is 2.73. The lowest BCUT2D eigenvalue weighted by molar-refractivity contribution is -0.141. The second-order valence-corrected chi connectivity index (χ2v) is 8.49. The van der Waals surface area contributed by atoms with E-state index in [0.717, 1.165) is 36.1 Å². The van der Waals surface area contributed by atoms with Crippen molar-refractivity contribution in [2.45, 2.75) is 39.5 Å². The number of aromatic nitrogens is 1. The first kappa shape index (κ1) is 21.0. The number of benzene rings is 1. The highest BCUT2D eigenvalue weighted by atomic mass is 16.2. The number of nitrogens with one attached hydrogen (secondary N) is 1. The van der Waals surface area contributed by atoms with Crippen LogP contribution in [0.3, 0.4) is 0 Å². The fourth-order valence-corrected chi connectivity index (χ4v) is 4.29. The second-order valence-electron chi connectivity index (χ2n) is 8.49.